The quantitative estimate of drug-likeness (QED) is 0.723. The zero-order valence-corrected chi connectivity index (χ0v) is 7.01. The van der Waals surface area contributed by atoms with Gasteiger partial charge in [-0.2, -0.15) is 0 Å². The molecule has 12 heavy (non-hydrogen) atoms. The van der Waals surface area contributed by atoms with E-state index in [0.29, 0.717) is 0 Å². The van der Waals surface area contributed by atoms with Crippen LogP contribution in [0.4, 0.5) is 0 Å². The predicted molar refractivity (Wildman–Crippen MR) is 48.1 cm³/mol. The number of nitrogens with zero attached hydrogens (tertiary/aromatic N) is 1. The molecule has 0 unspecified atom stereocenters. The third-order valence-electron chi connectivity index (χ3n) is 1.55. The number of benzene rings is 1. The Morgan fingerprint density at radius 1 is 1.25 bits per heavy atom. The number of phenols is 1. The smallest absolute Gasteiger partial charge is 0.152 e. The van der Waals surface area contributed by atoms with Gasteiger partial charge in [0.1, 0.15) is 5.75 Å². The summed E-state index contributed by atoms with van der Waals surface area (Å²) in [6.07, 6.45) is 0. The van der Waals surface area contributed by atoms with E-state index in [0.717, 1.165) is 11.3 Å². The summed E-state index contributed by atoms with van der Waals surface area (Å²) < 4.78 is 0. The average molecular weight is 176 g/mol. The molecule has 59 valence electrons. The van der Waals surface area contributed by atoms with Gasteiger partial charge in [0.15, 0.2) is 5.51 Å². The lowest BCUT2D eigenvalue weighted by molar-refractivity contribution is 0.475. The van der Waals surface area contributed by atoms with Crippen molar-refractivity contribution in [2.75, 3.05) is 0 Å². The lowest BCUT2D eigenvalue weighted by Crippen LogP contribution is -1.74. The Kier molecular flexibility index (Phi) is 1.80. The maximum atomic E-state index is 9.03. The fourth-order valence-corrected chi connectivity index (χ4v) is 1.45. The van der Waals surface area contributed by atoms with Gasteiger partial charge in [-0.1, -0.05) is 0 Å². The van der Waals surface area contributed by atoms with Crippen LogP contribution in [0.25, 0.3) is 11.3 Å². The van der Waals surface area contributed by atoms with Crippen LogP contribution >= 0.6 is 11.3 Å². The molecule has 0 spiro atoms. The summed E-state index contributed by atoms with van der Waals surface area (Å²) in [5.41, 5.74) is 4.68. The number of thiazole rings is 1. The van der Waals surface area contributed by atoms with E-state index in [1.807, 2.05) is 17.5 Å². The summed E-state index contributed by atoms with van der Waals surface area (Å²) in [5, 5.41) is 11.0. The average Bonchev–Trinajstić information content (AvgIpc) is 2.58. The van der Waals surface area contributed by atoms with Gasteiger partial charge in [0.2, 0.25) is 0 Å². The van der Waals surface area contributed by atoms with E-state index in [-0.39, 0.29) is 5.75 Å². The maximum absolute atomic E-state index is 9.03. The molecule has 3 heteroatoms. The van der Waals surface area contributed by atoms with Crippen LogP contribution in [-0.4, -0.2) is 10.1 Å². The van der Waals surface area contributed by atoms with Crippen LogP contribution in [0.15, 0.2) is 29.6 Å². The van der Waals surface area contributed by atoms with Gasteiger partial charge in [0, 0.05) is 10.9 Å². The van der Waals surface area contributed by atoms with Crippen molar-refractivity contribution in [2.45, 2.75) is 0 Å². The van der Waals surface area contributed by atoms with Crippen molar-refractivity contribution < 1.29 is 5.11 Å². The Balaban J connectivity index is 2.43. The lowest BCUT2D eigenvalue weighted by atomic mass is 10.2. The molecule has 1 radical (unpaired) electrons. The summed E-state index contributed by atoms with van der Waals surface area (Å²) in [6.45, 7) is 0. The molecule has 0 aliphatic rings. The summed E-state index contributed by atoms with van der Waals surface area (Å²) in [7, 11) is 0. The van der Waals surface area contributed by atoms with Crippen LogP contribution in [-0.2, 0) is 0 Å². The molecule has 1 N–H and O–H groups in total. The van der Waals surface area contributed by atoms with E-state index in [2.05, 4.69) is 10.5 Å². The molecule has 2 aromatic rings. The van der Waals surface area contributed by atoms with E-state index in [1.165, 1.54) is 11.3 Å². The Bertz CT molecular complexity index is 353. The van der Waals surface area contributed by atoms with Gasteiger partial charge in [-0.05, 0) is 24.3 Å². The van der Waals surface area contributed by atoms with Crippen molar-refractivity contribution in [1.82, 2.24) is 4.98 Å². The van der Waals surface area contributed by atoms with Crippen molar-refractivity contribution in [1.29, 1.82) is 0 Å². The largest absolute Gasteiger partial charge is 0.508 e. The fourth-order valence-electron chi connectivity index (χ4n) is 0.949. The molecule has 1 aromatic heterocycles. The standard InChI is InChI=1S/C9H6NOS/c11-8-3-1-7(2-4-8)9-5-12-6-10-9/h1-5,11H. The number of hydrogen-bond donors (Lipinski definition) is 1. The van der Waals surface area contributed by atoms with E-state index < -0.39 is 0 Å². The van der Waals surface area contributed by atoms with E-state index in [4.69, 9.17) is 5.11 Å². The number of phenolic OH excluding ortho intramolecular Hbond substituents is 1. The number of aromatic nitrogens is 1. The summed E-state index contributed by atoms with van der Waals surface area (Å²) in [6, 6.07) is 6.96. The first kappa shape index (κ1) is 7.31. The zero-order valence-electron chi connectivity index (χ0n) is 6.19. The van der Waals surface area contributed by atoms with Gasteiger partial charge in [-0.3, -0.25) is 0 Å². The topological polar surface area (TPSA) is 33.1 Å². The molecule has 0 fully saturated rings. The third kappa shape index (κ3) is 1.31. The van der Waals surface area contributed by atoms with Crippen LogP contribution in [0, 0.1) is 5.51 Å². The molecule has 1 aromatic carbocycles. The van der Waals surface area contributed by atoms with Crippen LogP contribution in [0.1, 0.15) is 0 Å². The van der Waals surface area contributed by atoms with Gasteiger partial charge < -0.3 is 5.11 Å². The Labute approximate surface area is 74.1 Å². The van der Waals surface area contributed by atoms with Crippen molar-refractivity contribution in [3.8, 4) is 17.0 Å². The van der Waals surface area contributed by atoms with Crippen LogP contribution in [0.5, 0.6) is 5.75 Å². The minimum absolute atomic E-state index is 0.276. The van der Waals surface area contributed by atoms with Crippen molar-refractivity contribution in [3.63, 3.8) is 0 Å². The molecule has 0 aliphatic carbocycles. The summed E-state index contributed by atoms with van der Waals surface area (Å²) in [5.74, 6) is 0.276. The molecular weight excluding hydrogens is 170 g/mol. The van der Waals surface area contributed by atoms with Gasteiger partial charge >= 0.3 is 0 Å². The zero-order chi connectivity index (χ0) is 8.39. The van der Waals surface area contributed by atoms with E-state index in [9.17, 15) is 0 Å². The van der Waals surface area contributed by atoms with Gasteiger partial charge in [0.25, 0.3) is 0 Å². The minimum atomic E-state index is 0.276. The number of rotatable bonds is 1. The van der Waals surface area contributed by atoms with Crippen LogP contribution in [0.3, 0.4) is 0 Å². The van der Waals surface area contributed by atoms with Gasteiger partial charge in [0.05, 0.1) is 5.69 Å². The second-order valence-corrected chi connectivity index (χ2v) is 3.02. The van der Waals surface area contributed by atoms with Crippen molar-refractivity contribution in [3.05, 3.63) is 35.2 Å². The van der Waals surface area contributed by atoms with Gasteiger partial charge in [-0.25, -0.2) is 4.98 Å². The molecule has 0 saturated heterocycles. The third-order valence-corrected chi connectivity index (χ3v) is 2.09. The Morgan fingerprint density at radius 3 is 2.58 bits per heavy atom. The van der Waals surface area contributed by atoms with Crippen molar-refractivity contribution >= 4 is 11.3 Å². The first-order chi connectivity index (χ1) is 5.86. The summed E-state index contributed by atoms with van der Waals surface area (Å²) >= 11 is 1.44. The van der Waals surface area contributed by atoms with Crippen LogP contribution in [0.2, 0.25) is 0 Å². The Hall–Kier alpha value is -1.35. The molecule has 2 nitrogen and oxygen atoms in total. The first-order valence-electron chi connectivity index (χ1n) is 3.47. The summed E-state index contributed by atoms with van der Waals surface area (Å²) in [4.78, 5) is 4.03. The van der Waals surface area contributed by atoms with E-state index in [1.54, 1.807) is 12.1 Å². The molecule has 0 saturated carbocycles. The maximum Gasteiger partial charge on any atom is 0.152 e. The monoisotopic (exact) mass is 176 g/mol. The normalized spacial score (nSPS) is 10.0. The predicted octanol–water partition coefficient (Wildman–Crippen LogP) is 2.32. The molecule has 2 rings (SSSR count). The molecule has 0 bridgehead atoms. The fraction of sp³-hybridized carbons (Fsp3) is 0. The second kappa shape index (κ2) is 2.95. The van der Waals surface area contributed by atoms with Crippen LogP contribution < -0.4 is 0 Å². The molecule has 1 heterocycles. The number of aromatic hydroxyl groups is 1. The Morgan fingerprint density at radius 2 is 2.00 bits per heavy atom. The van der Waals surface area contributed by atoms with Crippen molar-refractivity contribution in [2.24, 2.45) is 0 Å². The highest BCUT2D eigenvalue weighted by molar-refractivity contribution is 7.07. The molecule has 0 aliphatic heterocycles. The SMILES string of the molecule is Oc1ccc(-c2cs[c]n2)cc1. The van der Waals surface area contributed by atoms with Gasteiger partial charge in [-0.15, -0.1) is 11.3 Å². The highest BCUT2D eigenvalue weighted by Gasteiger charge is 1.98. The first-order valence-corrected chi connectivity index (χ1v) is 4.35. The molecular formula is C9H6NOS. The minimum Gasteiger partial charge on any atom is -0.508 e. The van der Waals surface area contributed by atoms with E-state index >= 15 is 0 Å². The lowest BCUT2D eigenvalue weighted by Gasteiger charge is -1.95. The highest BCUT2D eigenvalue weighted by atomic mass is 32.1. The molecule has 0 atom stereocenters. The highest BCUT2D eigenvalue weighted by Crippen LogP contribution is 2.20. The molecule has 0 amide bonds. The number of hydrogen-bond acceptors (Lipinski definition) is 3. The second-order valence-electron chi connectivity index (χ2n) is 2.37.